The van der Waals surface area contributed by atoms with E-state index < -0.39 is 0 Å². The first-order valence-corrected chi connectivity index (χ1v) is 11.6. The van der Waals surface area contributed by atoms with E-state index >= 15 is 0 Å². The molecule has 1 atom stereocenters. The minimum atomic E-state index is -0.161. The van der Waals surface area contributed by atoms with Gasteiger partial charge in [0.1, 0.15) is 0 Å². The molecule has 0 N–H and O–H groups in total. The van der Waals surface area contributed by atoms with Crippen molar-refractivity contribution in [3.8, 4) is 0 Å². The molecule has 0 spiro atoms. The van der Waals surface area contributed by atoms with Crippen LogP contribution in [-0.2, 0) is 4.79 Å². The lowest BCUT2D eigenvalue weighted by atomic mass is 9.96. The molecule has 3 aromatic rings. The third-order valence-electron chi connectivity index (χ3n) is 6.12. The summed E-state index contributed by atoms with van der Waals surface area (Å²) in [4.78, 5) is 36.9. The van der Waals surface area contributed by atoms with Crippen LogP contribution in [0.4, 0.5) is 10.8 Å². The minimum Gasteiger partial charge on any atom is -0.368 e. The van der Waals surface area contributed by atoms with Crippen molar-refractivity contribution in [1.82, 2.24) is 19.5 Å². The number of piperidine rings is 1. The van der Waals surface area contributed by atoms with E-state index in [9.17, 15) is 9.59 Å². The number of para-hydroxylation sites is 1. The molecular formula is C22H26N6O2S. The minimum absolute atomic E-state index is 0.0320. The van der Waals surface area contributed by atoms with Gasteiger partial charge in [-0.15, -0.1) is 5.10 Å². The first-order valence-electron chi connectivity index (χ1n) is 10.8. The SMILES string of the molecule is Cc1cc(=O)n2nc(N3CCC[C@@H](C(=O)N4CCN(c5ccccc5)CC4)C3)sc2n1. The number of piperazine rings is 1. The maximum Gasteiger partial charge on any atom is 0.275 e. The fraction of sp³-hybridized carbons (Fsp3) is 0.455. The molecule has 2 aromatic heterocycles. The number of hydrogen-bond acceptors (Lipinski definition) is 7. The highest BCUT2D eigenvalue weighted by Crippen LogP contribution is 2.28. The Morgan fingerprint density at radius 3 is 2.61 bits per heavy atom. The lowest BCUT2D eigenvalue weighted by Gasteiger charge is -2.39. The molecule has 162 valence electrons. The smallest absolute Gasteiger partial charge is 0.275 e. The highest BCUT2D eigenvalue weighted by atomic mass is 32.1. The predicted octanol–water partition coefficient (Wildman–Crippen LogP) is 2.02. The summed E-state index contributed by atoms with van der Waals surface area (Å²) in [6.07, 6.45) is 1.84. The second-order valence-electron chi connectivity index (χ2n) is 8.25. The Morgan fingerprint density at radius 1 is 1.06 bits per heavy atom. The van der Waals surface area contributed by atoms with Gasteiger partial charge in [0.2, 0.25) is 16.0 Å². The Kier molecular flexibility index (Phi) is 5.35. The highest BCUT2D eigenvalue weighted by Gasteiger charge is 2.32. The molecule has 31 heavy (non-hydrogen) atoms. The predicted molar refractivity (Wildman–Crippen MR) is 122 cm³/mol. The zero-order chi connectivity index (χ0) is 21.4. The van der Waals surface area contributed by atoms with E-state index in [1.807, 2.05) is 17.9 Å². The maximum atomic E-state index is 13.2. The fourth-order valence-corrected chi connectivity index (χ4v) is 5.46. The van der Waals surface area contributed by atoms with Crippen molar-refractivity contribution in [1.29, 1.82) is 0 Å². The molecule has 4 heterocycles. The van der Waals surface area contributed by atoms with Gasteiger partial charge in [0.15, 0.2) is 0 Å². The molecule has 2 saturated heterocycles. The second-order valence-corrected chi connectivity index (χ2v) is 9.18. The number of fused-ring (bicyclic) bond motifs is 1. The van der Waals surface area contributed by atoms with Crippen LogP contribution >= 0.6 is 11.3 Å². The Morgan fingerprint density at radius 2 is 1.84 bits per heavy atom. The van der Waals surface area contributed by atoms with Crippen molar-refractivity contribution < 1.29 is 4.79 Å². The van der Waals surface area contributed by atoms with Gasteiger partial charge in [-0.05, 0) is 31.9 Å². The van der Waals surface area contributed by atoms with Gasteiger partial charge in [-0.1, -0.05) is 29.5 Å². The molecule has 0 bridgehead atoms. The normalized spacial score (nSPS) is 19.8. The number of benzene rings is 1. The number of anilines is 2. The molecule has 2 fully saturated rings. The van der Waals surface area contributed by atoms with Crippen LogP contribution in [-0.4, -0.2) is 64.7 Å². The third kappa shape index (κ3) is 4.01. The summed E-state index contributed by atoms with van der Waals surface area (Å²) in [6.45, 7) is 6.53. The summed E-state index contributed by atoms with van der Waals surface area (Å²) >= 11 is 1.41. The topological polar surface area (TPSA) is 74.1 Å². The molecule has 0 radical (unpaired) electrons. The van der Waals surface area contributed by atoms with E-state index in [0.717, 1.165) is 50.7 Å². The van der Waals surface area contributed by atoms with Crippen LogP contribution in [0.2, 0.25) is 0 Å². The van der Waals surface area contributed by atoms with Crippen molar-refractivity contribution in [2.75, 3.05) is 49.1 Å². The van der Waals surface area contributed by atoms with Crippen LogP contribution in [0.25, 0.3) is 4.96 Å². The third-order valence-corrected chi connectivity index (χ3v) is 7.09. The number of carbonyl (C=O) groups excluding carboxylic acids is 1. The second kappa shape index (κ2) is 8.30. The monoisotopic (exact) mass is 438 g/mol. The van der Waals surface area contributed by atoms with E-state index in [0.29, 0.717) is 17.2 Å². The van der Waals surface area contributed by atoms with Gasteiger partial charge < -0.3 is 14.7 Å². The van der Waals surface area contributed by atoms with Crippen molar-refractivity contribution in [3.63, 3.8) is 0 Å². The van der Waals surface area contributed by atoms with E-state index in [-0.39, 0.29) is 17.4 Å². The van der Waals surface area contributed by atoms with E-state index in [1.165, 1.54) is 27.6 Å². The molecule has 9 heteroatoms. The average molecular weight is 439 g/mol. The van der Waals surface area contributed by atoms with Crippen LogP contribution in [0.1, 0.15) is 18.5 Å². The number of hydrogen-bond donors (Lipinski definition) is 0. The quantitative estimate of drug-likeness (QED) is 0.623. The van der Waals surface area contributed by atoms with E-state index in [2.05, 4.69) is 44.1 Å². The van der Waals surface area contributed by atoms with Gasteiger partial charge in [-0.3, -0.25) is 9.59 Å². The van der Waals surface area contributed by atoms with Crippen molar-refractivity contribution in [3.05, 3.63) is 52.4 Å². The highest BCUT2D eigenvalue weighted by molar-refractivity contribution is 7.20. The standard InChI is InChI=1S/C22H26N6O2S/c1-16-14-19(29)28-21(23-16)31-22(24-28)27-9-5-6-17(15-27)20(30)26-12-10-25(11-13-26)18-7-3-2-4-8-18/h2-4,7-8,14,17H,5-6,9-13,15H2,1H3/t17-/m1/s1. The molecule has 8 nitrogen and oxygen atoms in total. The summed E-state index contributed by atoms with van der Waals surface area (Å²) in [5, 5.41) is 5.25. The van der Waals surface area contributed by atoms with Crippen molar-refractivity contribution in [2.24, 2.45) is 5.92 Å². The molecule has 0 aliphatic carbocycles. The molecule has 2 aliphatic rings. The maximum absolute atomic E-state index is 13.2. The lowest BCUT2D eigenvalue weighted by Crippen LogP contribution is -2.52. The van der Waals surface area contributed by atoms with Gasteiger partial charge in [-0.25, -0.2) is 4.98 Å². The largest absolute Gasteiger partial charge is 0.368 e. The molecule has 1 aromatic carbocycles. The van der Waals surface area contributed by atoms with Crippen LogP contribution in [0, 0.1) is 12.8 Å². The van der Waals surface area contributed by atoms with Crippen molar-refractivity contribution >= 4 is 33.0 Å². The van der Waals surface area contributed by atoms with E-state index in [4.69, 9.17) is 0 Å². The Balaban J connectivity index is 1.25. The summed E-state index contributed by atoms with van der Waals surface area (Å²) < 4.78 is 1.36. The number of nitrogens with zero attached hydrogens (tertiary/aromatic N) is 6. The Bertz CT molecular complexity index is 1140. The molecule has 5 rings (SSSR count). The van der Waals surface area contributed by atoms with Gasteiger partial charge in [0.05, 0.1) is 5.92 Å². The first kappa shape index (κ1) is 20.0. The zero-order valence-corrected chi connectivity index (χ0v) is 18.4. The van der Waals surface area contributed by atoms with Gasteiger partial charge >= 0.3 is 0 Å². The fourth-order valence-electron chi connectivity index (χ4n) is 4.47. The molecule has 1 amide bonds. The molecule has 0 unspecified atom stereocenters. The number of amides is 1. The van der Waals surface area contributed by atoms with E-state index in [1.54, 1.807) is 0 Å². The van der Waals surface area contributed by atoms with Gasteiger partial charge in [-0.2, -0.15) is 4.52 Å². The van der Waals surface area contributed by atoms with Crippen LogP contribution in [0.3, 0.4) is 0 Å². The van der Waals surface area contributed by atoms with Gasteiger partial charge in [0.25, 0.3) is 5.56 Å². The molecular weight excluding hydrogens is 412 g/mol. The number of aromatic nitrogens is 3. The molecule has 2 aliphatic heterocycles. The molecule has 0 saturated carbocycles. The number of aryl methyl sites for hydroxylation is 1. The van der Waals surface area contributed by atoms with Crippen LogP contribution in [0.5, 0.6) is 0 Å². The summed E-state index contributed by atoms with van der Waals surface area (Å²) in [6, 6.07) is 11.9. The Hall–Kier alpha value is -2.94. The average Bonchev–Trinajstić information content (AvgIpc) is 3.24. The number of rotatable bonds is 3. The Labute approximate surface area is 184 Å². The summed E-state index contributed by atoms with van der Waals surface area (Å²) in [7, 11) is 0. The summed E-state index contributed by atoms with van der Waals surface area (Å²) in [5.74, 6) is 0.208. The van der Waals surface area contributed by atoms with Crippen molar-refractivity contribution in [2.45, 2.75) is 19.8 Å². The first-order chi connectivity index (χ1) is 15.1. The number of carbonyl (C=O) groups is 1. The van der Waals surface area contributed by atoms with Crippen LogP contribution in [0.15, 0.2) is 41.2 Å². The zero-order valence-electron chi connectivity index (χ0n) is 17.6. The lowest BCUT2D eigenvalue weighted by molar-refractivity contribution is -0.136. The van der Waals surface area contributed by atoms with Crippen LogP contribution < -0.4 is 15.4 Å². The van der Waals surface area contributed by atoms with Gasteiger partial charge in [0, 0.05) is 56.7 Å². The summed E-state index contributed by atoms with van der Waals surface area (Å²) in [5.41, 5.74) is 1.75.